The number of carbonyl (C=O) groups is 1. The van der Waals surface area contributed by atoms with Gasteiger partial charge >= 0.3 is 0 Å². The Balaban J connectivity index is 1.62. The minimum Gasteiger partial charge on any atom is -0.511 e. The molecule has 0 radical (unpaired) electrons. The molecule has 4 heteroatoms. The lowest BCUT2D eigenvalue weighted by Crippen LogP contribution is -2.29. The first-order valence-electron chi connectivity index (χ1n) is 10.4. The van der Waals surface area contributed by atoms with Crippen molar-refractivity contribution in [2.24, 2.45) is 11.8 Å². The fourth-order valence-electron chi connectivity index (χ4n) is 5.39. The molecular formula is C25H26O4. The molecule has 4 nitrogen and oxygen atoms in total. The third-order valence-electron chi connectivity index (χ3n) is 6.90. The molecule has 0 saturated carbocycles. The molecule has 2 unspecified atom stereocenters. The van der Waals surface area contributed by atoms with Gasteiger partial charge in [0, 0.05) is 0 Å². The van der Waals surface area contributed by atoms with Gasteiger partial charge in [0.15, 0.2) is 5.78 Å². The summed E-state index contributed by atoms with van der Waals surface area (Å²) in [4.78, 5) is 13.3. The summed E-state index contributed by atoms with van der Waals surface area (Å²) in [6, 6.07) is 12.3. The Morgan fingerprint density at radius 1 is 1.07 bits per heavy atom. The van der Waals surface area contributed by atoms with Crippen molar-refractivity contribution in [3.8, 4) is 16.9 Å². The van der Waals surface area contributed by atoms with Crippen LogP contribution < -0.4 is 4.74 Å². The Morgan fingerprint density at radius 3 is 2.45 bits per heavy atom. The van der Waals surface area contributed by atoms with Crippen LogP contribution in [0, 0.1) is 18.8 Å². The third-order valence-corrected chi connectivity index (χ3v) is 6.90. The van der Waals surface area contributed by atoms with Crippen LogP contribution in [-0.4, -0.2) is 30.2 Å². The number of hydrogen-bond acceptors (Lipinski definition) is 4. The number of ketones is 1. The molecule has 2 fully saturated rings. The van der Waals surface area contributed by atoms with E-state index < -0.39 is 0 Å². The summed E-state index contributed by atoms with van der Waals surface area (Å²) in [7, 11) is 1.67. The number of benzene rings is 2. The SMILES string of the molecule is CCc1ccc(-c2ccc(C)c(OC)c2)cc1C1=C(O)[C@@H]2C3CCC(O3)[C@@H]2C1=O. The lowest BCUT2D eigenvalue weighted by molar-refractivity contribution is -0.118. The fraction of sp³-hybridized carbons (Fsp3) is 0.400. The average Bonchev–Trinajstić information content (AvgIpc) is 3.42. The number of methoxy groups -OCH3 is 1. The van der Waals surface area contributed by atoms with E-state index in [9.17, 15) is 9.90 Å². The molecule has 2 aromatic rings. The summed E-state index contributed by atoms with van der Waals surface area (Å²) in [5.74, 6) is 0.750. The zero-order valence-corrected chi connectivity index (χ0v) is 17.1. The third kappa shape index (κ3) is 2.66. The number of hydrogen-bond donors (Lipinski definition) is 1. The van der Waals surface area contributed by atoms with Crippen molar-refractivity contribution in [2.75, 3.05) is 7.11 Å². The minimum atomic E-state index is -0.211. The molecule has 1 aliphatic carbocycles. The van der Waals surface area contributed by atoms with E-state index in [2.05, 4.69) is 31.2 Å². The van der Waals surface area contributed by atoms with E-state index in [0.717, 1.165) is 52.8 Å². The smallest absolute Gasteiger partial charge is 0.173 e. The number of Topliss-reactive ketones (excluding diaryl/α,β-unsaturated/α-hetero) is 1. The van der Waals surface area contributed by atoms with Crippen molar-refractivity contribution >= 4 is 11.4 Å². The van der Waals surface area contributed by atoms with Crippen LogP contribution in [0.1, 0.15) is 36.5 Å². The van der Waals surface area contributed by atoms with E-state index in [0.29, 0.717) is 5.57 Å². The number of rotatable bonds is 4. The van der Waals surface area contributed by atoms with E-state index in [1.54, 1.807) is 7.11 Å². The van der Waals surface area contributed by atoms with Gasteiger partial charge in [0.05, 0.1) is 36.7 Å². The number of aliphatic hydroxyl groups excluding tert-OH is 1. The van der Waals surface area contributed by atoms with Gasteiger partial charge in [-0.2, -0.15) is 0 Å². The van der Waals surface area contributed by atoms with Crippen LogP contribution in [0.5, 0.6) is 5.75 Å². The second kappa shape index (κ2) is 6.74. The second-order valence-electron chi connectivity index (χ2n) is 8.38. The monoisotopic (exact) mass is 390 g/mol. The predicted octanol–water partition coefficient (Wildman–Crippen LogP) is 4.88. The van der Waals surface area contributed by atoms with Crippen LogP contribution in [0.25, 0.3) is 16.7 Å². The average molecular weight is 390 g/mol. The van der Waals surface area contributed by atoms with Crippen LogP contribution in [0.3, 0.4) is 0 Å². The van der Waals surface area contributed by atoms with Crippen molar-refractivity contribution in [3.63, 3.8) is 0 Å². The lowest BCUT2D eigenvalue weighted by Gasteiger charge is -2.19. The summed E-state index contributed by atoms with van der Waals surface area (Å²) in [6.07, 6.45) is 2.60. The molecular weight excluding hydrogens is 364 g/mol. The number of aryl methyl sites for hydroxylation is 2. The van der Waals surface area contributed by atoms with Crippen molar-refractivity contribution in [1.82, 2.24) is 0 Å². The van der Waals surface area contributed by atoms with E-state index in [-0.39, 0.29) is 35.6 Å². The highest BCUT2D eigenvalue weighted by molar-refractivity contribution is 6.25. The van der Waals surface area contributed by atoms with Gasteiger partial charge in [0.25, 0.3) is 0 Å². The molecule has 0 aromatic heterocycles. The molecule has 2 aromatic carbocycles. The van der Waals surface area contributed by atoms with Crippen LogP contribution in [0.2, 0.25) is 0 Å². The molecule has 2 aliphatic heterocycles. The maximum Gasteiger partial charge on any atom is 0.173 e. The van der Waals surface area contributed by atoms with E-state index in [4.69, 9.17) is 9.47 Å². The van der Waals surface area contributed by atoms with Gasteiger partial charge in [0.1, 0.15) is 11.5 Å². The highest BCUT2D eigenvalue weighted by atomic mass is 16.5. The number of allylic oxidation sites excluding steroid dienone is 1. The van der Waals surface area contributed by atoms with Crippen molar-refractivity contribution in [3.05, 3.63) is 58.8 Å². The number of ether oxygens (including phenoxy) is 2. The van der Waals surface area contributed by atoms with Crippen molar-refractivity contribution in [1.29, 1.82) is 0 Å². The zero-order chi connectivity index (χ0) is 20.3. The van der Waals surface area contributed by atoms with Crippen LogP contribution in [0.4, 0.5) is 0 Å². The van der Waals surface area contributed by atoms with Gasteiger partial charge in [-0.25, -0.2) is 0 Å². The van der Waals surface area contributed by atoms with Crippen LogP contribution in [-0.2, 0) is 16.0 Å². The first kappa shape index (κ1) is 18.4. The van der Waals surface area contributed by atoms with Crippen LogP contribution >= 0.6 is 0 Å². The summed E-state index contributed by atoms with van der Waals surface area (Å²) in [5, 5.41) is 11.1. The molecule has 150 valence electrons. The highest BCUT2D eigenvalue weighted by Gasteiger charge is 2.59. The van der Waals surface area contributed by atoms with Gasteiger partial charge in [-0.15, -0.1) is 0 Å². The Labute approximate surface area is 171 Å². The standard InChI is InChI=1S/C25H26O4/c1-4-14-7-8-15(16-6-5-13(2)20(12-16)28-3)11-17(14)21-24(26)22-18-9-10-19(29-18)23(22)25(21)27/h5-8,11-12,18-19,22-23,26H,4,9-10H2,1-3H3/t18?,19?,22-,23+/m1/s1. The first-order valence-corrected chi connectivity index (χ1v) is 10.4. The van der Waals surface area contributed by atoms with Crippen molar-refractivity contribution in [2.45, 2.75) is 45.3 Å². The molecule has 0 spiro atoms. The summed E-state index contributed by atoms with van der Waals surface area (Å²) in [6.45, 7) is 4.10. The van der Waals surface area contributed by atoms with Gasteiger partial charge < -0.3 is 14.6 Å². The van der Waals surface area contributed by atoms with Gasteiger partial charge in [-0.05, 0) is 66.1 Å². The Bertz CT molecular complexity index is 1040. The first-order chi connectivity index (χ1) is 14.0. The molecule has 2 saturated heterocycles. The summed E-state index contributed by atoms with van der Waals surface area (Å²) in [5.41, 5.74) is 5.58. The molecule has 5 rings (SSSR count). The second-order valence-corrected chi connectivity index (χ2v) is 8.38. The zero-order valence-electron chi connectivity index (χ0n) is 17.1. The lowest BCUT2D eigenvalue weighted by atomic mass is 9.80. The summed E-state index contributed by atoms with van der Waals surface area (Å²) >= 11 is 0. The Kier molecular flexibility index (Phi) is 4.28. The molecule has 1 N–H and O–H groups in total. The highest BCUT2D eigenvalue weighted by Crippen LogP contribution is 2.54. The van der Waals surface area contributed by atoms with E-state index in [1.807, 2.05) is 19.1 Å². The molecule has 3 aliphatic rings. The maximum absolute atomic E-state index is 13.3. The molecule has 29 heavy (non-hydrogen) atoms. The summed E-state index contributed by atoms with van der Waals surface area (Å²) < 4.78 is 11.4. The van der Waals surface area contributed by atoms with Gasteiger partial charge in [-0.1, -0.05) is 31.2 Å². The van der Waals surface area contributed by atoms with Crippen molar-refractivity contribution < 1.29 is 19.4 Å². The quantitative estimate of drug-likeness (QED) is 0.809. The topological polar surface area (TPSA) is 55.8 Å². The van der Waals surface area contributed by atoms with Gasteiger partial charge in [-0.3, -0.25) is 4.79 Å². The van der Waals surface area contributed by atoms with Gasteiger partial charge in [0.2, 0.25) is 0 Å². The van der Waals surface area contributed by atoms with E-state index in [1.165, 1.54) is 0 Å². The molecule has 4 atom stereocenters. The Hall–Kier alpha value is -2.59. The number of carbonyl (C=O) groups excluding carboxylic acids is 1. The fourth-order valence-corrected chi connectivity index (χ4v) is 5.39. The molecule has 0 amide bonds. The largest absolute Gasteiger partial charge is 0.511 e. The molecule has 2 bridgehead atoms. The minimum absolute atomic E-state index is 0.0129. The van der Waals surface area contributed by atoms with Crippen LogP contribution in [0.15, 0.2) is 42.2 Å². The number of aliphatic hydroxyl groups is 1. The maximum atomic E-state index is 13.3. The molecule has 2 heterocycles. The Morgan fingerprint density at radius 2 is 1.76 bits per heavy atom. The predicted molar refractivity (Wildman–Crippen MR) is 112 cm³/mol. The van der Waals surface area contributed by atoms with E-state index >= 15 is 0 Å². The number of fused-ring (bicyclic) bond motifs is 5. The normalized spacial score (nSPS) is 27.6.